The fraction of sp³-hybridized carbons (Fsp3) is 0.321. The Hall–Kier alpha value is -3.32. The maximum Gasteiger partial charge on any atom is 0.262 e. The molecule has 0 unspecified atom stereocenters. The fourth-order valence-electron chi connectivity index (χ4n) is 3.92. The molecule has 0 bridgehead atoms. The van der Waals surface area contributed by atoms with Crippen LogP contribution < -0.4 is 14.8 Å². The van der Waals surface area contributed by atoms with Gasteiger partial charge in [-0.3, -0.25) is 9.52 Å². The Labute approximate surface area is 208 Å². The van der Waals surface area contributed by atoms with Gasteiger partial charge >= 0.3 is 0 Å². The van der Waals surface area contributed by atoms with Crippen LogP contribution in [0.3, 0.4) is 0 Å². The Morgan fingerprint density at radius 2 is 1.63 bits per heavy atom. The molecular weight excluding hydrogens is 460 g/mol. The summed E-state index contributed by atoms with van der Waals surface area (Å²) in [6, 6.07) is 17.6. The molecule has 186 valence electrons. The number of ether oxygens (including phenoxy) is 1. The second kappa shape index (κ2) is 11.0. The number of aryl methyl sites for hydroxylation is 2. The van der Waals surface area contributed by atoms with Gasteiger partial charge in [0.2, 0.25) is 0 Å². The summed E-state index contributed by atoms with van der Waals surface area (Å²) in [4.78, 5) is 13.3. The average molecular weight is 495 g/mol. The molecule has 6 nitrogen and oxygen atoms in total. The lowest BCUT2D eigenvalue weighted by Crippen LogP contribution is -2.30. The summed E-state index contributed by atoms with van der Waals surface area (Å²) in [6.45, 7) is 9.71. The van der Waals surface area contributed by atoms with Crippen molar-refractivity contribution in [1.82, 2.24) is 5.32 Å². The minimum Gasteiger partial charge on any atom is -0.497 e. The second-order valence-electron chi connectivity index (χ2n) is 9.26. The first-order valence-electron chi connectivity index (χ1n) is 11.7. The van der Waals surface area contributed by atoms with Crippen LogP contribution in [0, 0.1) is 26.7 Å². The zero-order valence-corrected chi connectivity index (χ0v) is 22.0. The Morgan fingerprint density at radius 1 is 0.943 bits per heavy atom. The average Bonchev–Trinajstić information content (AvgIpc) is 2.81. The van der Waals surface area contributed by atoms with Crippen molar-refractivity contribution in [2.75, 3.05) is 11.8 Å². The predicted octanol–water partition coefficient (Wildman–Crippen LogP) is 5.94. The number of hydrogen-bond donors (Lipinski definition) is 2. The maximum atomic E-state index is 13.3. The highest BCUT2D eigenvalue weighted by molar-refractivity contribution is 7.92. The van der Waals surface area contributed by atoms with E-state index in [0.717, 1.165) is 28.9 Å². The zero-order chi connectivity index (χ0) is 25.8. The molecule has 3 aromatic carbocycles. The number of hydrogen-bond acceptors (Lipinski definition) is 4. The van der Waals surface area contributed by atoms with E-state index in [9.17, 15) is 13.2 Å². The highest BCUT2D eigenvalue weighted by atomic mass is 32.2. The van der Waals surface area contributed by atoms with E-state index in [0.29, 0.717) is 22.7 Å². The minimum atomic E-state index is -3.89. The Morgan fingerprint density at radius 3 is 2.26 bits per heavy atom. The molecule has 2 N–H and O–H groups in total. The molecule has 0 fully saturated rings. The Bertz CT molecular complexity index is 1300. The van der Waals surface area contributed by atoms with Gasteiger partial charge in [-0.15, -0.1) is 0 Å². The van der Waals surface area contributed by atoms with Gasteiger partial charge in [0, 0.05) is 5.56 Å². The quantitative estimate of drug-likeness (QED) is 0.386. The first-order valence-corrected chi connectivity index (χ1v) is 13.1. The molecule has 0 saturated carbocycles. The molecule has 3 aromatic rings. The van der Waals surface area contributed by atoms with Gasteiger partial charge in [-0.2, -0.15) is 0 Å². The number of benzene rings is 3. The standard InChI is InChI=1S/C28H34N2O4S/c1-18(2)16-26(22-12-14-24(34-6)15-13-22)29-28(31)23-11-10-20(4)27(17-23)35(32,33)30-25-9-7-8-19(3)21(25)5/h7-15,17-18,26,30H,16H2,1-6H3,(H,29,31)/t26-/m0/s1. The lowest BCUT2D eigenvalue weighted by atomic mass is 9.96. The van der Waals surface area contributed by atoms with E-state index in [1.165, 1.54) is 6.07 Å². The van der Waals surface area contributed by atoms with Crippen molar-refractivity contribution in [3.05, 3.63) is 88.5 Å². The number of methoxy groups -OCH3 is 1. The van der Waals surface area contributed by atoms with Gasteiger partial charge in [-0.05, 0) is 85.7 Å². The maximum absolute atomic E-state index is 13.3. The summed E-state index contributed by atoms with van der Waals surface area (Å²) in [5, 5.41) is 3.09. The normalized spacial score (nSPS) is 12.3. The molecule has 0 heterocycles. The SMILES string of the molecule is COc1ccc([C@H](CC(C)C)NC(=O)c2ccc(C)c(S(=O)(=O)Nc3cccc(C)c3C)c2)cc1. The van der Waals surface area contributed by atoms with Crippen LogP contribution in [0.4, 0.5) is 5.69 Å². The van der Waals surface area contributed by atoms with Gasteiger partial charge in [0.05, 0.1) is 23.7 Å². The molecule has 1 amide bonds. The van der Waals surface area contributed by atoms with Gasteiger partial charge < -0.3 is 10.1 Å². The van der Waals surface area contributed by atoms with Crippen molar-refractivity contribution < 1.29 is 17.9 Å². The Kier molecular flexibility index (Phi) is 8.22. The molecule has 0 spiro atoms. The van der Waals surface area contributed by atoms with Crippen molar-refractivity contribution in [3.8, 4) is 5.75 Å². The van der Waals surface area contributed by atoms with Gasteiger partial charge in [0.25, 0.3) is 15.9 Å². The third-order valence-corrected chi connectivity index (χ3v) is 7.63. The molecule has 1 atom stereocenters. The van der Waals surface area contributed by atoms with E-state index in [-0.39, 0.29) is 16.8 Å². The molecule has 0 aromatic heterocycles. The smallest absolute Gasteiger partial charge is 0.262 e. The number of carbonyl (C=O) groups excluding carboxylic acids is 1. The van der Waals surface area contributed by atoms with Crippen LogP contribution in [0.2, 0.25) is 0 Å². The number of rotatable bonds is 9. The van der Waals surface area contributed by atoms with Crippen molar-refractivity contribution in [1.29, 1.82) is 0 Å². The van der Waals surface area contributed by atoms with Crippen molar-refractivity contribution in [3.63, 3.8) is 0 Å². The summed E-state index contributed by atoms with van der Waals surface area (Å²) in [5.74, 6) is 0.765. The summed E-state index contributed by atoms with van der Waals surface area (Å²) in [5.41, 5.74) is 4.19. The van der Waals surface area contributed by atoms with E-state index in [1.807, 2.05) is 50.2 Å². The van der Waals surface area contributed by atoms with Crippen LogP contribution in [0.1, 0.15) is 58.9 Å². The molecule has 0 aliphatic carbocycles. The highest BCUT2D eigenvalue weighted by Crippen LogP contribution is 2.26. The van der Waals surface area contributed by atoms with E-state index >= 15 is 0 Å². The molecule has 0 aliphatic rings. The number of sulfonamides is 1. The summed E-state index contributed by atoms with van der Waals surface area (Å²) < 4.78 is 34.4. The molecule has 0 aliphatic heterocycles. The summed E-state index contributed by atoms with van der Waals surface area (Å²) >= 11 is 0. The lowest BCUT2D eigenvalue weighted by Gasteiger charge is -2.22. The molecule has 3 rings (SSSR count). The topological polar surface area (TPSA) is 84.5 Å². The van der Waals surface area contributed by atoms with Crippen LogP contribution in [-0.2, 0) is 10.0 Å². The summed E-state index contributed by atoms with van der Waals surface area (Å²) in [7, 11) is -2.28. The van der Waals surface area contributed by atoms with Crippen LogP contribution in [0.5, 0.6) is 5.75 Å². The molecule has 7 heteroatoms. The molecule has 35 heavy (non-hydrogen) atoms. The van der Waals surface area contributed by atoms with Crippen molar-refractivity contribution in [2.24, 2.45) is 5.92 Å². The van der Waals surface area contributed by atoms with E-state index in [2.05, 4.69) is 23.9 Å². The van der Waals surface area contributed by atoms with E-state index in [4.69, 9.17) is 4.74 Å². The van der Waals surface area contributed by atoms with Crippen LogP contribution in [0.25, 0.3) is 0 Å². The largest absolute Gasteiger partial charge is 0.497 e. The monoisotopic (exact) mass is 494 g/mol. The molecular formula is C28H34N2O4S. The zero-order valence-electron chi connectivity index (χ0n) is 21.2. The first-order chi connectivity index (χ1) is 16.5. The van der Waals surface area contributed by atoms with Gasteiger partial charge in [-0.25, -0.2) is 8.42 Å². The van der Waals surface area contributed by atoms with Crippen molar-refractivity contribution >= 4 is 21.6 Å². The number of carbonyl (C=O) groups is 1. The van der Waals surface area contributed by atoms with Crippen LogP contribution >= 0.6 is 0 Å². The summed E-state index contributed by atoms with van der Waals surface area (Å²) in [6.07, 6.45) is 0.739. The number of anilines is 1. The van der Waals surface area contributed by atoms with Gasteiger partial charge in [0.1, 0.15) is 5.75 Å². The third kappa shape index (κ3) is 6.42. The van der Waals surface area contributed by atoms with Crippen molar-refractivity contribution in [2.45, 2.75) is 52.0 Å². The number of nitrogens with one attached hydrogen (secondary N) is 2. The Balaban J connectivity index is 1.89. The minimum absolute atomic E-state index is 0.0795. The highest BCUT2D eigenvalue weighted by Gasteiger charge is 2.22. The van der Waals surface area contributed by atoms with Crippen LogP contribution in [-0.4, -0.2) is 21.4 Å². The molecule has 0 radical (unpaired) electrons. The van der Waals surface area contributed by atoms with E-state index in [1.54, 1.807) is 32.2 Å². The third-order valence-electron chi connectivity index (χ3n) is 6.12. The predicted molar refractivity (Wildman–Crippen MR) is 141 cm³/mol. The fourth-order valence-corrected chi connectivity index (χ4v) is 5.31. The lowest BCUT2D eigenvalue weighted by molar-refractivity contribution is 0.0931. The van der Waals surface area contributed by atoms with E-state index < -0.39 is 10.0 Å². The second-order valence-corrected chi connectivity index (χ2v) is 10.9. The van der Waals surface area contributed by atoms with Crippen LogP contribution in [0.15, 0.2) is 65.6 Å². The first kappa shape index (κ1) is 26.3. The van der Waals surface area contributed by atoms with Gasteiger partial charge in [0.15, 0.2) is 0 Å². The molecule has 0 saturated heterocycles. The van der Waals surface area contributed by atoms with Gasteiger partial charge in [-0.1, -0.05) is 44.2 Å². The number of amides is 1.